The number of rotatable bonds is 4. The SMILES string of the molecule is CNCC(C)OC(=O)Oc1ccccc1. The van der Waals surface area contributed by atoms with E-state index in [9.17, 15) is 4.79 Å². The fourth-order valence-electron chi connectivity index (χ4n) is 1.10. The third-order valence-electron chi connectivity index (χ3n) is 1.73. The Balaban J connectivity index is 2.36. The van der Waals surface area contributed by atoms with E-state index < -0.39 is 6.16 Å². The molecule has 0 aliphatic carbocycles. The molecule has 15 heavy (non-hydrogen) atoms. The molecule has 0 saturated heterocycles. The molecular formula is C11H15NO3. The number of nitrogens with one attached hydrogen (secondary N) is 1. The number of hydrogen-bond donors (Lipinski definition) is 1. The lowest BCUT2D eigenvalue weighted by molar-refractivity contribution is 0.0664. The van der Waals surface area contributed by atoms with Gasteiger partial charge in [-0.2, -0.15) is 0 Å². The monoisotopic (exact) mass is 209 g/mol. The minimum absolute atomic E-state index is 0.203. The molecule has 0 spiro atoms. The van der Waals surface area contributed by atoms with Crippen molar-refractivity contribution in [2.45, 2.75) is 13.0 Å². The molecule has 0 aromatic heterocycles. The Morgan fingerprint density at radius 2 is 2.07 bits per heavy atom. The largest absolute Gasteiger partial charge is 0.514 e. The first-order valence-electron chi connectivity index (χ1n) is 4.80. The topological polar surface area (TPSA) is 47.6 Å². The van der Waals surface area contributed by atoms with Gasteiger partial charge in [0.15, 0.2) is 0 Å². The Hall–Kier alpha value is -1.55. The van der Waals surface area contributed by atoms with Crippen LogP contribution < -0.4 is 10.1 Å². The van der Waals surface area contributed by atoms with E-state index >= 15 is 0 Å². The number of ether oxygens (including phenoxy) is 2. The van der Waals surface area contributed by atoms with Crippen molar-refractivity contribution in [2.75, 3.05) is 13.6 Å². The predicted molar refractivity (Wildman–Crippen MR) is 56.9 cm³/mol. The van der Waals surface area contributed by atoms with Crippen LogP contribution in [0.5, 0.6) is 5.75 Å². The second-order valence-corrected chi connectivity index (χ2v) is 3.15. The van der Waals surface area contributed by atoms with Crippen LogP contribution >= 0.6 is 0 Å². The third kappa shape index (κ3) is 4.46. The van der Waals surface area contributed by atoms with E-state index in [0.717, 1.165) is 0 Å². The Labute approximate surface area is 89.2 Å². The minimum atomic E-state index is -0.677. The molecule has 1 atom stereocenters. The first-order chi connectivity index (χ1) is 7.22. The van der Waals surface area contributed by atoms with Crippen molar-refractivity contribution in [3.05, 3.63) is 30.3 Å². The maximum atomic E-state index is 11.2. The average molecular weight is 209 g/mol. The first-order valence-corrected chi connectivity index (χ1v) is 4.80. The summed E-state index contributed by atoms with van der Waals surface area (Å²) in [4.78, 5) is 11.2. The molecule has 0 saturated carbocycles. The molecule has 1 rings (SSSR count). The normalized spacial score (nSPS) is 11.9. The van der Waals surface area contributed by atoms with Gasteiger partial charge in [0.2, 0.25) is 0 Å². The maximum absolute atomic E-state index is 11.2. The van der Waals surface area contributed by atoms with Crippen LogP contribution in [0.15, 0.2) is 30.3 Å². The van der Waals surface area contributed by atoms with Gasteiger partial charge in [-0.3, -0.25) is 0 Å². The Morgan fingerprint density at radius 3 is 2.67 bits per heavy atom. The molecule has 4 nitrogen and oxygen atoms in total. The number of hydrogen-bond acceptors (Lipinski definition) is 4. The van der Waals surface area contributed by atoms with Crippen molar-refractivity contribution in [3.8, 4) is 5.75 Å². The smallest absolute Gasteiger partial charge is 0.430 e. The molecule has 0 radical (unpaired) electrons. The molecule has 1 unspecified atom stereocenters. The van der Waals surface area contributed by atoms with E-state index in [1.54, 1.807) is 38.2 Å². The molecule has 0 bridgehead atoms. The van der Waals surface area contributed by atoms with Crippen molar-refractivity contribution in [1.29, 1.82) is 0 Å². The number of likely N-dealkylation sites (N-methyl/N-ethyl adjacent to an activating group) is 1. The van der Waals surface area contributed by atoms with Crippen LogP contribution in [-0.2, 0) is 4.74 Å². The van der Waals surface area contributed by atoms with E-state index in [2.05, 4.69) is 5.32 Å². The number of para-hydroxylation sites is 1. The summed E-state index contributed by atoms with van der Waals surface area (Å²) < 4.78 is 9.91. The standard InChI is InChI=1S/C11H15NO3/c1-9(8-12-2)14-11(13)15-10-6-4-3-5-7-10/h3-7,9,12H,8H2,1-2H3. The summed E-state index contributed by atoms with van der Waals surface area (Å²) in [6.45, 7) is 2.40. The van der Waals surface area contributed by atoms with Crippen LogP contribution in [0.2, 0.25) is 0 Å². The van der Waals surface area contributed by atoms with E-state index in [4.69, 9.17) is 9.47 Å². The molecule has 1 N–H and O–H groups in total. The highest BCUT2D eigenvalue weighted by Crippen LogP contribution is 2.09. The summed E-state index contributed by atoms with van der Waals surface area (Å²) >= 11 is 0. The average Bonchev–Trinajstić information content (AvgIpc) is 2.19. The van der Waals surface area contributed by atoms with Crippen molar-refractivity contribution in [2.24, 2.45) is 0 Å². The summed E-state index contributed by atoms with van der Waals surface area (Å²) in [5, 5.41) is 2.90. The lowest BCUT2D eigenvalue weighted by Gasteiger charge is -2.11. The third-order valence-corrected chi connectivity index (χ3v) is 1.73. The maximum Gasteiger partial charge on any atom is 0.514 e. The second kappa shape index (κ2) is 6.03. The van der Waals surface area contributed by atoms with Crippen LogP contribution in [0.1, 0.15) is 6.92 Å². The summed E-state index contributed by atoms with van der Waals surface area (Å²) in [7, 11) is 1.79. The summed E-state index contributed by atoms with van der Waals surface area (Å²) in [6, 6.07) is 8.83. The number of carbonyl (C=O) groups is 1. The molecule has 0 heterocycles. The van der Waals surface area contributed by atoms with Gasteiger partial charge in [0.25, 0.3) is 0 Å². The van der Waals surface area contributed by atoms with Crippen molar-refractivity contribution in [3.63, 3.8) is 0 Å². The van der Waals surface area contributed by atoms with Crippen molar-refractivity contribution >= 4 is 6.16 Å². The summed E-state index contributed by atoms with van der Waals surface area (Å²) in [6.07, 6.45) is -0.879. The van der Waals surface area contributed by atoms with Gasteiger partial charge in [-0.1, -0.05) is 18.2 Å². The van der Waals surface area contributed by atoms with Crippen molar-refractivity contribution in [1.82, 2.24) is 5.32 Å². The summed E-state index contributed by atoms with van der Waals surface area (Å²) in [5.74, 6) is 0.485. The lowest BCUT2D eigenvalue weighted by atomic mass is 10.3. The van der Waals surface area contributed by atoms with E-state index in [-0.39, 0.29) is 6.10 Å². The Kier molecular flexibility index (Phi) is 4.63. The molecular weight excluding hydrogens is 194 g/mol. The fraction of sp³-hybridized carbons (Fsp3) is 0.364. The van der Waals surface area contributed by atoms with Gasteiger partial charge in [0, 0.05) is 6.54 Å². The molecule has 4 heteroatoms. The zero-order valence-corrected chi connectivity index (χ0v) is 8.90. The van der Waals surface area contributed by atoms with Crippen LogP contribution in [0.3, 0.4) is 0 Å². The zero-order valence-electron chi connectivity index (χ0n) is 8.90. The van der Waals surface area contributed by atoms with Gasteiger partial charge in [0.1, 0.15) is 11.9 Å². The molecule has 0 fully saturated rings. The molecule has 1 aromatic rings. The number of carbonyl (C=O) groups excluding carboxylic acids is 1. The molecule has 0 aliphatic heterocycles. The first kappa shape index (κ1) is 11.5. The van der Waals surface area contributed by atoms with E-state index in [0.29, 0.717) is 12.3 Å². The lowest BCUT2D eigenvalue weighted by Crippen LogP contribution is -2.27. The zero-order chi connectivity index (χ0) is 11.1. The molecule has 1 aromatic carbocycles. The van der Waals surface area contributed by atoms with Gasteiger partial charge in [-0.25, -0.2) is 4.79 Å². The molecule has 0 amide bonds. The van der Waals surface area contributed by atoms with Gasteiger partial charge >= 0.3 is 6.16 Å². The Morgan fingerprint density at radius 1 is 1.40 bits per heavy atom. The van der Waals surface area contributed by atoms with Gasteiger partial charge in [0.05, 0.1) is 0 Å². The fourth-order valence-corrected chi connectivity index (χ4v) is 1.10. The predicted octanol–water partition coefficient (Wildman–Crippen LogP) is 1.81. The number of benzene rings is 1. The van der Waals surface area contributed by atoms with Gasteiger partial charge < -0.3 is 14.8 Å². The highest BCUT2D eigenvalue weighted by atomic mass is 16.7. The molecule has 82 valence electrons. The highest BCUT2D eigenvalue weighted by molar-refractivity contribution is 5.63. The van der Waals surface area contributed by atoms with Crippen LogP contribution in [0.4, 0.5) is 4.79 Å². The van der Waals surface area contributed by atoms with Crippen LogP contribution in [0, 0.1) is 0 Å². The van der Waals surface area contributed by atoms with Crippen molar-refractivity contribution < 1.29 is 14.3 Å². The summed E-state index contributed by atoms with van der Waals surface area (Å²) in [5.41, 5.74) is 0. The highest BCUT2D eigenvalue weighted by Gasteiger charge is 2.10. The van der Waals surface area contributed by atoms with Crippen LogP contribution in [0.25, 0.3) is 0 Å². The van der Waals surface area contributed by atoms with E-state index in [1.807, 2.05) is 6.07 Å². The van der Waals surface area contributed by atoms with Gasteiger partial charge in [-0.15, -0.1) is 0 Å². The Bertz CT molecular complexity index is 300. The minimum Gasteiger partial charge on any atom is -0.430 e. The van der Waals surface area contributed by atoms with Gasteiger partial charge in [-0.05, 0) is 26.1 Å². The quantitative estimate of drug-likeness (QED) is 0.607. The molecule has 0 aliphatic rings. The van der Waals surface area contributed by atoms with Crippen LogP contribution in [-0.4, -0.2) is 25.9 Å². The second-order valence-electron chi connectivity index (χ2n) is 3.15. The van der Waals surface area contributed by atoms with E-state index in [1.165, 1.54) is 0 Å².